The van der Waals surface area contributed by atoms with Crippen LogP contribution in [0.3, 0.4) is 0 Å². The zero-order valence-electron chi connectivity index (χ0n) is 29.7. The fraction of sp³-hybridized carbons (Fsp3) is 0.526. The fourth-order valence-corrected chi connectivity index (χ4v) is 3.80. The first kappa shape index (κ1) is 41.3. The molecule has 0 saturated heterocycles. The second-order valence-corrected chi connectivity index (χ2v) is 16.3. The van der Waals surface area contributed by atoms with Gasteiger partial charge in [0.2, 0.25) is 0 Å². The SMILES string of the molecule is CC(C)(C)c1cccc(C(C)(C)C)c1O.CC(C)(C)c1ccccc1.CC(C)(C)c1ccccc1O.C[N+](C)(C)C.[OH-]. The number of nitrogens with zero attached hydrogens (tertiary/aromatic N) is 1. The topological polar surface area (TPSA) is 70.5 Å². The maximum atomic E-state index is 10.3. The molecule has 0 aromatic heterocycles. The molecule has 0 amide bonds. The summed E-state index contributed by atoms with van der Waals surface area (Å²) in [4.78, 5) is 0. The maximum Gasteiger partial charge on any atom is 0.123 e. The number of hydrogen-bond acceptors (Lipinski definition) is 3. The van der Waals surface area contributed by atoms with E-state index in [-0.39, 0.29) is 21.7 Å². The summed E-state index contributed by atoms with van der Waals surface area (Å²) in [5, 5.41) is 19.7. The normalized spacial score (nSPS) is 11.8. The number of phenolic OH excluding ortho intramolecular Hbond substituents is 2. The van der Waals surface area contributed by atoms with E-state index in [9.17, 15) is 10.2 Å². The molecule has 0 heterocycles. The van der Waals surface area contributed by atoms with Crippen molar-refractivity contribution in [1.82, 2.24) is 0 Å². The van der Waals surface area contributed by atoms with E-state index in [4.69, 9.17) is 0 Å². The lowest BCUT2D eigenvalue weighted by atomic mass is 9.80. The summed E-state index contributed by atoms with van der Waals surface area (Å²) in [5.41, 5.74) is 4.75. The molecule has 42 heavy (non-hydrogen) atoms. The van der Waals surface area contributed by atoms with Crippen LogP contribution in [0.5, 0.6) is 11.5 Å². The molecule has 3 rings (SSSR count). The fourth-order valence-electron chi connectivity index (χ4n) is 3.80. The van der Waals surface area contributed by atoms with Gasteiger partial charge in [0.15, 0.2) is 0 Å². The minimum atomic E-state index is -0.00859. The Hall–Kier alpha value is -2.82. The maximum absolute atomic E-state index is 10.3. The quantitative estimate of drug-likeness (QED) is 0.260. The Morgan fingerprint density at radius 2 is 0.738 bits per heavy atom. The second kappa shape index (κ2) is 16.1. The van der Waals surface area contributed by atoms with E-state index in [0.29, 0.717) is 16.9 Å². The Balaban J connectivity index is 0. The standard InChI is InChI=1S/C14H22O.C10H14O.C10H14.C4H12N.H2O/c1-13(2,3)10-8-7-9-11(12(10)15)14(4,5)6;1-10(2,3)8-6-4-5-7-9(8)11;1-10(2,3)9-7-5-4-6-8-9;1-5(2,3)4;/h7-9,15H,1-6H3;4-7,11H,1-3H3;4-8H,1-3H3;1-4H3;1H2/q;;;+1;/p-1. The zero-order valence-corrected chi connectivity index (χ0v) is 29.7. The van der Waals surface area contributed by atoms with Gasteiger partial charge in [0, 0.05) is 0 Å². The van der Waals surface area contributed by atoms with Crippen molar-refractivity contribution >= 4 is 0 Å². The smallest absolute Gasteiger partial charge is 0.123 e. The van der Waals surface area contributed by atoms with Gasteiger partial charge in [0.05, 0.1) is 28.2 Å². The molecule has 238 valence electrons. The van der Waals surface area contributed by atoms with Crippen molar-refractivity contribution in [2.75, 3.05) is 28.2 Å². The molecule has 0 spiro atoms. The van der Waals surface area contributed by atoms with Crippen molar-refractivity contribution in [2.45, 2.75) is 105 Å². The van der Waals surface area contributed by atoms with E-state index in [1.807, 2.05) is 36.4 Å². The largest absolute Gasteiger partial charge is 0.870 e. The third-order valence-electron chi connectivity index (χ3n) is 6.00. The molecule has 4 heteroatoms. The lowest BCUT2D eigenvalue weighted by Gasteiger charge is -2.26. The molecule has 3 N–H and O–H groups in total. The molecule has 0 saturated carbocycles. The molecule has 4 nitrogen and oxygen atoms in total. The van der Waals surface area contributed by atoms with Crippen molar-refractivity contribution in [3.05, 3.63) is 95.1 Å². The van der Waals surface area contributed by atoms with Crippen molar-refractivity contribution in [2.24, 2.45) is 0 Å². The summed E-state index contributed by atoms with van der Waals surface area (Å²) in [6, 6.07) is 24.0. The molecule has 0 unspecified atom stereocenters. The predicted molar refractivity (Wildman–Crippen MR) is 183 cm³/mol. The summed E-state index contributed by atoms with van der Waals surface area (Å²) in [6.45, 7) is 25.6. The zero-order chi connectivity index (χ0) is 32.4. The van der Waals surface area contributed by atoms with Gasteiger partial charge >= 0.3 is 0 Å². The van der Waals surface area contributed by atoms with Crippen LogP contribution in [-0.4, -0.2) is 48.4 Å². The highest BCUT2D eigenvalue weighted by Gasteiger charge is 2.24. The second-order valence-electron chi connectivity index (χ2n) is 16.3. The summed E-state index contributed by atoms with van der Waals surface area (Å²) < 4.78 is 1.00. The van der Waals surface area contributed by atoms with Gasteiger partial charge in [-0.15, -0.1) is 0 Å². The average molecular weight is 582 g/mol. The molecule has 0 radical (unpaired) electrons. The lowest BCUT2D eigenvalue weighted by molar-refractivity contribution is -0.849. The van der Waals surface area contributed by atoms with Gasteiger partial charge < -0.3 is 20.2 Å². The minimum absolute atomic E-state index is 0. The number of hydrogen-bond donors (Lipinski definition) is 2. The minimum Gasteiger partial charge on any atom is -0.870 e. The van der Waals surface area contributed by atoms with Gasteiger partial charge in [-0.05, 0) is 50.0 Å². The number of aromatic hydroxyl groups is 2. The van der Waals surface area contributed by atoms with E-state index in [2.05, 4.69) is 142 Å². The summed E-state index contributed by atoms with van der Waals surface area (Å²) >= 11 is 0. The number of phenols is 2. The van der Waals surface area contributed by atoms with Crippen molar-refractivity contribution in [3.63, 3.8) is 0 Å². The van der Waals surface area contributed by atoms with E-state index >= 15 is 0 Å². The highest BCUT2D eigenvalue weighted by molar-refractivity contribution is 5.47. The Kier molecular flexibility index (Phi) is 15.9. The molecule has 3 aromatic rings. The van der Waals surface area contributed by atoms with Gasteiger partial charge in [-0.1, -0.05) is 150 Å². The highest BCUT2D eigenvalue weighted by Crippen LogP contribution is 2.38. The van der Waals surface area contributed by atoms with Crippen molar-refractivity contribution in [1.29, 1.82) is 0 Å². The Morgan fingerprint density at radius 3 is 1.00 bits per heavy atom. The van der Waals surface area contributed by atoms with Crippen molar-refractivity contribution < 1.29 is 20.2 Å². The van der Waals surface area contributed by atoms with Crippen LogP contribution in [0.1, 0.15) is 105 Å². The lowest BCUT2D eigenvalue weighted by Crippen LogP contribution is -2.27. The molecule has 3 aromatic carbocycles. The Bertz CT molecular complexity index is 1130. The third-order valence-corrected chi connectivity index (χ3v) is 6.00. The van der Waals surface area contributed by atoms with Crippen LogP contribution < -0.4 is 0 Å². The predicted octanol–water partition coefficient (Wildman–Crippen LogP) is 9.81. The Labute approximate surface area is 259 Å². The Morgan fingerprint density at radius 1 is 0.429 bits per heavy atom. The molecule has 0 aliphatic carbocycles. The number of rotatable bonds is 0. The van der Waals surface area contributed by atoms with Gasteiger partial charge in [0.1, 0.15) is 11.5 Å². The first-order valence-electron chi connectivity index (χ1n) is 14.7. The number of quaternary nitrogens is 1. The monoisotopic (exact) mass is 581 g/mol. The van der Waals surface area contributed by atoms with Crippen LogP contribution in [-0.2, 0) is 21.7 Å². The molecular formula is C38H63NO3. The third kappa shape index (κ3) is 16.6. The molecular weight excluding hydrogens is 518 g/mol. The van der Waals surface area contributed by atoms with Crippen LogP contribution in [0.15, 0.2) is 72.8 Å². The van der Waals surface area contributed by atoms with Crippen LogP contribution in [0.2, 0.25) is 0 Å². The van der Waals surface area contributed by atoms with Gasteiger partial charge in [0.25, 0.3) is 0 Å². The highest BCUT2D eigenvalue weighted by atomic mass is 16.3. The molecule has 0 fully saturated rings. The number of para-hydroxylation sites is 2. The molecule has 0 atom stereocenters. The summed E-state index contributed by atoms with van der Waals surface area (Å²) in [7, 11) is 8.50. The van der Waals surface area contributed by atoms with Gasteiger partial charge in [-0.25, -0.2) is 0 Å². The van der Waals surface area contributed by atoms with Crippen LogP contribution in [0.25, 0.3) is 0 Å². The van der Waals surface area contributed by atoms with Crippen LogP contribution in [0, 0.1) is 0 Å². The summed E-state index contributed by atoms with van der Waals surface area (Å²) in [6.07, 6.45) is 0. The first-order valence-corrected chi connectivity index (χ1v) is 14.7. The van der Waals surface area contributed by atoms with E-state index in [0.717, 1.165) is 21.2 Å². The molecule has 0 aliphatic heterocycles. The van der Waals surface area contributed by atoms with E-state index in [1.54, 1.807) is 6.07 Å². The van der Waals surface area contributed by atoms with Gasteiger partial charge in [-0.2, -0.15) is 0 Å². The van der Waals surface area contributed by atoms with E-state index < -0.39 is 0 Å². The molecule has 0 aliphatic rings. The van der Waals surface area contributed by atoms with Crippen molar-refractivity contribution in [3.8, 4) is 11.5 Å². The molecule has 0 bridgehead atoms. The first-order chi connectivity index (χ1) is 18.3. The average Bonchev–Trinajstić information content (AvgIpc) is 2.77. The van der Waals surface area contributed by atoms with Crippen LogP contribution >= 0.6 is 0 Å². The van der Waals surface area contributed by atoms with E-state index in [1.165, 1.54) is 5.56 Å². The number of benzene rings is 3. The van der Waals surface area contributed by atoms with Gasteiger partial charge in [-0.3, -0.25) is 0 Å². The summed E-state index contributed by atoms with van der Waals surface area (Å²) in [5.74, 6) is 0.845. The van der Waals surface area contributed by atoms with Crippen LogP contribution in [0.4, 0.5) is 0 Å².